The first-order valence-corrected chi connectivity index (χ1v) is 9.37. The highest BCUT2D eigenvalue weighted by atomic mass is 127. The minimum atomic E-state index is -4.37. The van der Waals surface area contributed by atoms with Gasteiger partial charge in [0.2, 0.25) is 0 Å². The van der Waals surface area contributed by atoms with Gasteiger partial charge in [-0.25, -0.2) is 9.38 Å². The number of alkyl halides is 3. The summed E-state index contributed by atoms with van der Waals surface area (Å²) in [6.45, 7) is 2.20. The van der Waals surface area contributed by atoms with Crippen LogP contribution in [0.5, 0.6) is 5.75 Å². The number of halogens is 5. The molecule has 5 nitrogen and oxygen atoms in total. The summed E-state index contributed by atoms with van der Waals surface area (Å²) in [6, 6.07) is 11.1. The summed E-state index contributed by atoms with van der Waals surface area (Å²) in [6.07, 6.45) is -4.37. The highest BCUT2D eigenvalue weighted by molar-refractivity contribution is 14.0. The Morgan fingerprint density at radius 1 is 1.03 bits per heavy atom. The molecular formula is C21H26F4IN3O2. The molecule has 31 heavy (non-hydrogen) atoms. The molecule has 0 aromatic heterocycles. The molecular weight excluding hydrogens is 529 g/mol. The highest BCUT2D eigenvalue weighted by Crippen LogP contribution is 2.19. The van der Waals surface area contributed by atoms with Gasteiger partial charge in [-0.2, -0.15) is 13.2 Å². The Bertz CT molecular complexity index is 830. The SMILES string of the molecule is CCNC(=NCc1ccc(F)c(COC)c1)NCc1ccc(OCC(F)(F)F)cc1.I. The van der Waals surface area contributed by atoms with E-state index in [2.05, 4.69) is 15.6 Å². The summed E-state index contributed by atoms with van der Waals surface area (Å²) in [5.41, 5.74) is 2.16. The van der Waals surface area contributed by atoms with E-state index in [1.807, 2.05) is 6.92 Å². The van der Waals surface area contributed by atoms with Crippen LogP contribution < -0.4 is 15.4 Å². The molecule has 0 aliphatic rings. The third-order valence-electron chi connectivity index (χ3n) is 3.96. The Morgan fingerprint density at radius 3 is 2.32 bits per heavy atom. The van der Waals surface area contributed by atoms with Crippen LogP contribution in [0.4, 0.5) is 17.6 Å². The van der Waals surface area contributed by atoms with Crippen molar-refractivity contribution in [1.82, 2.24) is 10.6 Å². The molecule has 10 heteroatoms. The van der Waals surface area contributed by atoms with E-state index in [1.165, 1.54) is 25.3 Å². The second kappa shape index (κ2) is 13.4. The van der Waals surface area contributed by atoms with Gasteiger partial charge < -0.3 is 20.1 Å². The Morgan fingerprint density at radius 2 is 1.71 bits per heavy atom. The lowest BCUT2D eigenvalue weighted by Gasteiger charge is -2.13. The van der Waals surface area contributed by atoms with Gasteiger partial charge in [-0.3, -0.25) is 0 Å². The number of nitrogens with one attached hydrogen (secondary N) is 2. The summed E-state index contributed by atoms with van der Waals surface area (Å²) in [5, 5.41) is 6.27. The summed E-state index contributed by atoms with van der Waals surface area (Å²) in [4.78, 5) is 4.49. The average molecular weight is 555 g/mol. The number of hydrogen-bond acceptors (Lipinski definition) is 3. The van der Waals surface area contributed by atoms with Crippen LogP contribution in [0.25, 0.3) is 0 Å². The minimum absolute atomic E-state index is 0. The van der Waals surface area contributed by atoms with Crippen LogP contribution in [0.15, 0.2) is 47.5 Å². The van der Waals surface area contributed by atoms with Crippen LogP contribution in [-0.2, 0) is 24.4 Å². The van der Waals surface area contributed by atoms with Crippen LogP contribution in [0.1, 0.15) is 23.6 Å². The molecule has 2 N–H and O–H groups in total. The predicted octanol–water partition coefficient (Wildman–Crippen LogP) is 4.79. The van der Waals surface area contributed by atoms with Crippen molar-refractivity contribution in [2.24, 2.45) is 4.99 Å². The lowest BCUT2D eigenvalue weighted by molar-refractivity contribution is -0.153. The van der Waals surface area contributed by atoms with E-state index < -0.39 is 12.8 Å². The van der Waals surface area contributed by atoms with Gasteiger partial charge in [-0.1, -0.05) is 18.2 Å². The van der Waals surface area contributed by atoms with Crippen molar-refractivity contribution < 1.29 is 27.0 Å². The van der Waals surface area contributed by atoms with E-state index in [0.29, 0.717) is 31.2 Å². The molecule has 0 heterocycles. The van der Waals surface area contributed by atoms with Gasteiger partial charge in [-0.05, 0) is 42.3 Å². The molecule has 0 aliphatic heterocycles. The van der Waals surface area contributed by atoms with Crippen molar-refractivity contribution in [2.45, 2.75) is 32.8 Å². The van der Waals surface area contributed by atoms with E-state index in [4.69, 9.17) is 9.47 Å². The van der Waals surface area contributed by atoms with Gasteiger partial charge in [-0.15, -0.1) is 24.0 Å². The Balaban J connectivity index is 0.00000480. The Hall–Kier alpha value is -2.08. The third kappa shape index (κ3) is 10.2. The minimum Gasteiger partial charge on any atom is -0.484 e. The number of rotatable bonds is 9. The normalized spacial score (nSPS) is 11.6. The average Bonchev–Trinajstić information content (AvgIpc) is 2.71. The zero-order chi connectivity index (χ0) is 22.0. The van der Waals surface area contributed by atoms with E-state index in [1.54, 1.807) is 24.3 Å². The van der Waals surface area contributed by atoms with Crippen molar-refractivity contribution in [1.29, 1.82) is 0 Å². The fourth-order valence-corrected chi connectivity index (χ4v) is 2.56. The molecule has 0 saturated carbocycles. The molecule has 0 spiro atoms. The van der Waals surface area contributed by atoms with Crippen LogP contribution in [-0.4, -0.2) is 32.4 Å². The molecule has 0 aliphatic carbocycles. The van der Waals surface area contributed by atoms with E-state index >= 15 is 0 Å². The maximum absolute atomic E-state index is 13.7. The molecule has 2 rings (SSSR count). The molecule has 0 amide bonds. The van der Waals surface area contributed by atoms with Crippen LogP contribution in [0.2, 0.25) is 0 Å². The molecule has 0 fully saturated rings. The predicted molar refractivity (Wildman–Crippen MR) is 122 cm³/mol. The summed E-state index contributed by atoms with van der Waals surface area (Å²) >= 11 is 0. The first-order chi connectivity index (χ1) is 14.3. The van der Waals surface area contributed by atoms with E-state index in [0.717, 1.165) is 11.1 Å². The molecule has 2 aromatic carbocycles. The fraction of sp³-hybridized carbons (Fsp3) is 0.381. The van der Waals surface area contributed by atoms with Crippen LogP contribution >= 0.6 is 24.0 Å². The van der Waals surface area contributed by atoms with Crippen molar-refractivity contribution in [3.63, 3.8) is 0 Å². The van der Waals surface area contributed by atoms with Crippen molar-refractivity contribution in [3.8, 4) is 5.75 Å². The quantitative estimate of drug-likeness (QED) is 0.202. The third-order valence-corrected chi connectivity index (χ3v) is 3.96. The molecule has 0 radical (unpaired) electrons. The Labute approximate surface area is 196 Å². The van der Waals surface area contributed by atoms with Gasteiger partial charge in [0, 0.05) is 25.8 Å². The summed E-state index contributed by atoms with van der Waals surface area (Å²) in [7, 11) is 1.51. The second-order valence-electron chi connectivity index (χ2n) is 6.46. The Kier molecular flexibility index (Phi) is 11.6. The number of guanidine groups is 1. The van der Waals surface area contributed by atoms with E-state index in [-0.39, 0.29) is 42.2 Å². The lowest BCUT2D eigenvalue weighted by Crippen LogP contribution is -2.36. The van der Waals surface area contributed by atoms with Gasteiger partial charge in [0.15, 0.2) is 12.6 Å². The number of aliphatic imine (C=N–C) groups is 1. The van der Waals surface area contributed by atoms with Crippen molar-refractivity contribution in [3.05, 3.63) is 65.0 Å². The molecule has 0 unspecified atom stereocenters. The van der Waals surface area contributed by atoms with Crippen LogP contribution in [0, 0.1) is 5.82 Å². The number of hydrogen-bond donors (Lipinski definition) is 2. The second-order valence-corrected chi connectivity index (χ2v) is 6.46. The van der Waals surface area contributed by atoms with Crippen LogP contribution in [0.3, 0.4) is 0 Å². The maximum atomic E-state index is 13.7. The van der Waals surface area contributed by atoms with E-state index in [9.17, 15) is 17.6 Å². The molecule has 2 aromatic rings. The van der Waals surface area contributed by atoms with Crippen molar-refractivity contribution in [2.75, 3.05) is 20.3 Å². The zero-order valence-corrected chi connectivity index (χ0v) is 19.6. The highest BCUT2D eigenvalue weighted by Gasteiger charge is 2.28. The van der Waals surface area contributed by atoms with Gasteiger partial charge >= 0.3 is 6.18 Å². The van der Waals surface area contributed by atoms with Gasteiger partial charge in [0.1, 0.15) is 11.6 Å². The lowest BCUT2D eigenvalue weighted by atomic mass is 10.1. The zero-order valence-electron chi connectivity index (χ0n) is 17.3. The van der Waals surface area contributed by atoms with Crippen molar-refractivity contribution >= 4 is 29.9 Å². The number of ether oxygens (including phenoxy) is 2. The van der Waals surface area contributed by atoms with Gasteiger partial charge in [0.25, 0.3) is 0 Å². The summed E-state index contributed by atoms with van der Waals surface area (Å²) in [5.74, 6) is 0.393. The first kappa shape index (κ1) is 27.0. The molecule has 0 bridgehead atoms. The standard InChI is InChI=1S/C21H25F4N3O2.HI/c1-3-26-20(28-12-16-6-9-19(22)17(10-16)13-29-2)27-11-15-4-7-18(8-5-15)30-14-21(23,24)25;/h4-10H,3,11-14H2,1-2H3,(H2,26,27,28);1H. The largest absolute Gasteiger partial charge is 0.484 e. The smallest absolute Gasteiger partial charge is 0.422 e. The maximum Gasteiger partial charge on any atom is 0.422 e. The summed E-state index contributed by atoms with van der Waals surface area (Å²) < 4.78 is 60.0. The number of methoxy groups -OCH3 is 1. The molecule has 0 atom stereocenters. The molecule has 0 saturated heterocycles. The number of nitrogens with zero attached hydrogens (tertiary/aromatic N) is 1. The monoisotopic (exact) mass is 555 g/mol. The fourth-order valence-electron chi connectivity index (χ4n) is 2.56. The number of benzene rings is 2. The van der Waals surface area contributed by atoms with Gasteiger partial charge in [0.05, 0.1) is 13.2 Å². The molecule has 172 valence electrons. The first-order valence-electron chi connectivity index (χ1n) is 9.37. The topological polar surface area (TPSA) is 54.9 Å².